The molecule has 0 bridgehead atoms. The Labute approximate surface area is 141 Å². The van der Waals surface area contributed by atoms with Crippen LogP contribution in [0.2, 0.25) is 0 Å². The zero-order valence-corrected chi connectivity index (χ0v) is 14.1. The third-order valence-corrected chi connectivity index (χ3v) is 5.01. The van der Waals surface area contributed by atoms with E-state index in [0.29, 0.717) is 12.1 Å². The number of hydrogen-bond donors (Lipinski definition) is 2. The summed E-state index contributed by atoms with van der Waals surface area (Å²) in [5.74, 6) is -0.768. The second-order valence-corrected chi connectivity index (χ2v) is 7.24. The van der Waals surface area contributed by atoms with Crippen LogP contribution in [0.1, 0.15) is 48.8 Å². The van der Waals surface area contributed by atoms with Gasteiger partial charge in [0.15, 0.2) is 0 Å². The Morgan fingerprint density at radius 3 is 2.38 bits per heavy atom. The average Bonchev–Trinajstić information content (AvgIpc) is 3.04. The van der Waals surface area contributed by atoms with E-state index in [1.165, 1.54) is 0 Å². The smallest absolute Gasteiger partial charge is 0.227 e. The van der Waals surface area contributed by atoms with Crippen molar-refractivity contribution in [3.05, 3.63) is 53.3 Å². The summed E-state index contributed by atoms with van der Waals surface area (Å²) < 4.78 is 1.78. The van der Waals surface area contributed by atoms with Crippen molar-refractivity contribution in [1.82, 2.24) is 4.57 Å². The monoisotopic (exact) mass is 323 g/mol. The molecule has 1 aromatic carbocycles. The first kappa shape index (κ1) is 16.2. The van der Waals surface area contributed by atoms with Crippen LogP contribution in [-0.4, -0.2) is 22.5 Å². The van der Waals surface area contributed by atoms with E-state index in [4.69, 9.17) is 11.1 Å². The van der Waals surface area contributed by atoms with Crippen molar-refractivity contribution in [3.63, 3.8) is 0 Å². The van der Waals surface area contributed by atoms with Crippen molar-refractivity contribution >= 4 is 17.9 Å². The predicted octanol–water partition coefficient (Wildman–Crippen LogP) is 2.73. The molecule has 0 saturated heterocycles. The minimum absolute atomic E-state index is 0.373. The van der Waals surface area contributed by atoms with Crippen molar-refractivity contribution in [2.45, 2.75) is 38.0 Å². The van der Waals surface area contributed by atoms with Crippen LogP contribution >= 0.6 is 0 Å². The molecule has 1 aliphatic carbocycles. The van der Waals surface area contributed by atoms with Gasteiger partial charge in [-0.3, -0.25) is 9.59 Å². The maximum absolute atomic E-state index is 12.5. The highest BCUT2D eigenvalue weighted by Crippen LogP contribution is 2.52. The fraction of sp³-hybridized carbons (Fsp3) is 0.316. The van der Waals surface area contributed by atoms with Gasteiger partial charge >= 0.3 is 0 Å². The van der Waals surface area contributed by atoms with Crippen LogP contribution in [0.15, 0.2) is 36.5 Å². The van der Waals surface area contributed by atoms with Gasteiger partial charge in [0, 0.05) is 11.9 Å². The highest BCUT2D eigenvalue weighted by molar-refractivity contribution is 6.34. The number of carbonyl (C=O) groups excluding carboxylic acids is 2. The summed E-state index contributed by atoms with van der Waals surface area (Å²) in [5, 5.41) is 7.44. The lowest BCUT2D eigenvalue weighted by Crippen LogP contribution is -2.38. The number of rotatable bonds is 4. The minimum atomic E-state index is -0.823. The Morgan fingerprint density at radius 2 is 1.83 bits per heavy atom. The molecule has 0 fully saturated rings. The van der Waals surface area contributed by atoms with Gasteiger partial charge in [-0.2, -0.15) is 0 Å². The Balaban J connectivity index is 2.38. The van der Waals surface area contributed by atoms with Gasteiger partial charge in [-0.05, 0) is 42.0 Å². The molecule has 1 atom stereocenters. The summed E-state index contributed by atoms with van der Waals surface area (Å²) in [7, 11) is 0. The summed E-state index contributed by atoms with van der Waals surface area (Å²) in [6.07, 6.45) is 3.21. The Morgan fingerprint density at radius 1 is 1.21 bits per heavy atom. The molecule has 2 aromatic rings. The third-order valence-electron chi connectivity index (χ3n) is 5.01. The van der Waals surface area contributed by atoms with Crippen molar-refractivity contribution in [1.29, 1.82) is 5.41 Å². The number of amides is 1. The fourth-order valence-corrected chi connectivity index (χ4v) is 4.00. The molecule has 3 N–H and O–H groups in total. The molecular weight excluding hydrogens is 302 g/mol. The van der Waals surface area contributed by atoms with Gasteiger partial charge in [0.25, 0.3) is 0 Å². The first-order chi connectivity index (χ1) is 11.2. The summed E-state index contributed by atoms with van der Waals surface area (Å²) in [4.78, 5) is 24.7. The van der Waals surface area contributed by atoms with Crippen LogP contribution in [0.3, 0.4) is 0 Å². The number of nitrogens with one attached hydrogen (secondary N) is 1. The van der Waals surface area contributed by atoms with E-state index in [-0.39, 0.29) is 11.2 Å². The predicted molar refractivity (Wildman–Crippen MR) is 93.1 cm³/mol. The quantitative estimate of drug-likeness (QED) is 0.669. The number of fused-ring (bicyclic) bond motifs is 1. The third kappa shape index (κ3) is 2.12. The molecule has 0 saturated carbocycles. The van der Waals surface area contributed by atoms with Crippen LogP contribution in [0.25, 0.3) is 5.69 Å². The summed E-state index contributed by atoms with van der Waals surface area (Å²) in [6.45, 7) is 5.85. The van der Waals surface area contributed by atoms with Gasteiger partial charge in [-0.25, -0.2) is 0 Å². The molecule has 1 aromatic heterocycles. The van der Waals surface area contributed by atoms with Gasteiger partial charge in [-0.15, -0.1) is 0 Å². The zero-order valence-electron chi connectivity index (χ0n) is 14.1. The average molecular weight is 323 g/mol. The summed E-state index contributed by atoms with van der Waals surface area (Å²) >= 11 is 0. The fourth-order valence-electron chi connectivity index (χ4n) is 4.00. The Bertz CT molecular complexity index is 849. The van der Waals surface area contributed by atoms with E-state index in [0.717, 1.165) is 23.0 Å². The molecule has 5 heteroatoms. The molecule has 5 nitrogen and oxygen atoms in total. The van der Waals surface area contributed by atoms with Crippen molar-refractivity contribution in [2.24, 2.45) is 5.73 Å². The maximum atomic E-state index is 12.5. The largest absolute Gasteiger partial charge is 0.369 e. The van der Waals surface area contributed by atoms with Gasteiger partial charge in [-0.1, -0.05) is 32.0 Å². The number of carbonyl (C=O) groups is 2. The summed E-state index contributed by atoms with van der Waals surface area (Å²) in [5.41, 5.74) is 7.36. The number of primary amides is 1. The number of ketones is 1. The number of Topliss-reactive ketones (excluding diaryl/α,β-unsaturated/α-hetero) is 1. The number of nitrogens with zero attached hydrogens (tertiary/aromatic N) is 1. The van der Waals surface area contributed by atoms with Gasteiger partial charge in [0.05, 0.1) is 17.3 Å². The van der Waals surface area contributed by atoms with E-state index in [2.05, 4.69) is 0 Å². The molecule has 1 heterocycles. The topological polar surface area (TPSA) is 88.9 Å². The SMILES string of the molecule is CC1(C)CC(C)(C(N)=O)c2cn(-c3ccccc3)c(C(=O)C=N)c21. The second-order valence-electron chi connectivity index (χ2n) is 7.24. The number of hydrogen-bond acceptors (Lipinski definition) is 3. The van der Waals surface area contributed by atoms with Crippen molar-refractivity contribution in [2.75, 3.05) is 0 Å². The summed E-state index contributed by atoms with van der Waals surface area (Å²) in [6, 6.07) is 9.46. The van der Waals surface area contributed by atoms with E-state index in [1.54, 1.807) is 4.57 Å². The molecule has 3 rings (SSSR count). The van der Waals surface area contributed by atoms with Crippen molar-refractivity contribution in [3.8, 4) is 5.69 Å². The lowest BCUT2D eigenvalue weighted by atomic mass is 9.79. The van der Waals surface area contributed by atoms with Crippen LogP contribution in [0.5, 0.6) is 0 Å². The van der Waals surface area contributed by atoms with Gasteiger partial charge in [0.2, 0.25) is 11.7 Å². The molecule has 1 unspecified atom stereocenters. The molecule has 1 amide bonds. The molecule has 1 aliphatic rings. The molecule has 24 heavy (non-hydrogen) atoms. The number of nitrogens with two attached hydrogens (primary N) is 1. The standard InChI is InChI=1S/C19H21N3O2/c1-18(2)11-19(3,17(21)24)13-10-22(12-7-5-4-6-8-12)16(15(13)18)14(23)9-20/h4-10,20H,11H2,1-3H3,(H2,21,24). The normalized spacial score (nSPS) is 21.3. The Kier molecular flexibility index (Phi) is 3.48. The molecule has 0 radical (unpaired) electrons. The highest BCUT2D eigenvalue weighted by Gasteiger charge is 2.51. The number of benzene rings is 1. The van der Waals surface area contributed by atoms with E-state index in [9.17, 15) is 9.59 Å². The molecule has 0 spiro atoms. The Hall–Kier alpha value is -2.69. The first-order valence-electron chi connectivity index (χ1n) is 7.89. The van der Waals surface area contributed by atoms with Crippen LogP contribution in [0.4, 0.5) is 0 Å². The zero-order chi connectivity index (χ0) is 17.7. The lowest BCUT2D eigenvalue weighted by Gasteiger charge is -2.26. The molecular formula is C19H21N3O2. The second kappa shape index (κ2) is 5.16. The van der Waals surface area contributed by atoms with Crippen LogP contribution in [0, 0.1) is 5.41 Å². The van der Waals surface area contributed by atoms with Crippen LogP contribution < -0.4 is 5.73 Å². The number of aromatic nitrogens is 1. The van der Waals surface area contributed by atoms with Gasteiger partial charge in [0.1, 0.15) is 0 Å². The maximum Gasteiger partial charge on any atom is 0.227 e. The number of para-hydroxylation sites is 1. The molecule has 124 valence electrons. The van der Waals surface area contributed by atoms with E-state index in [1.807, 2.05) is 57.3 Å². The van der Waals surface area contributed by atoms with Crippen molar-refractivity contribution < 1.29 is 9.59 Å². The first-order valence-corrected chi connectivity index (χ1v) is 7.89. The van der Waals surface area contributed by atoms with Crippen LogP contribution in [-0.2, 0) is 15.6 Å². The van der Waals surface area contributed by atoms with E-state index >= 15 is 0 Å². The van der Waals surface area contributed by atoms with E-state index < -0.39 is 11.3 Å². The highest BCUT2D eigenvalue weighted by atomic mass is 16.1. The van der Waals surface area contributed by atoms with Gasteiger partial charge < -0.3 is 15.7 Å². The minimum Gasteiger partial charge on any atom is -0.369 e. The molecule has 0 aliphatic heterocycles. The lowest BCUT2D eigenvalue weighted by molar-refractivity contribution is -0.123.